The highest BCUT2D eigenvalue weighted by Crippen LogP contribution is 2.39. The van der Waals surface area contributed by atoms with Gasteiger partial charge in [-0.25, -0.2) is 4.98 Å². The second kappa shape index (κ2) is 9.37. The molecule has 154 valence electrons. The van der Waals surface area contributed by atoms with Crippen LogP contribution in [-0.4, -0.2) is 37.1 Å². The normalized spacial score (nSPS) is 10.3. The van der Waals surface area contributed by atoms with Crippen LogP contribution in [0.2, 0.25) is 0 Å². The molecular formula is C23H30N4O2. The van der Waals surface area contributed by atoms with E-state index in [1.54, 1.807) is 13.3 Å². The number of methoxy groups -OCH3 is 1. The number of ether oxygens (including phenoxy) is 1. The number of aromatic nitrogens is 2. The maximum absolute atomic E-state index is 11.9. The van der Waals surface area contributed by atoms with Crippen molar-refractivity contribution in [1.29, 1.82) is 0 Å². The highest BCUT2D eigenvalue weighted by atomic mass is 16.5. The SMILES string of the molecule is CC.CCc1cc(C)cc(-c2cnc(OC)c3c(N(C)C)c(C(N)=O)cnc23)c1. The van der Waals surface area contributed by atoms with Gasteiger partial charge in [-0.15, -0.1) is 0 Å². The van der Waals surface area contributed by atoms with Gasteiger partial charge in [-0.1, -0.05) is 44.5 Å². The van der Waals surface area contributed by atoms with Crippen molar-refractivity contribution in [2.75, 3.05) is 26.1 Å². The lowest BCUT2D eigenvalue weighted by Gasteiger charge is -2.20. The Labute approximate surface area is 172 Å². The van der Waals surface area contributed by atoms with E-state index in [4.69, 9.17) is 10.5 Å². The van der Waals surface area contributed by atoms with Crippen molar-refractivity contribution in [3.63, 3.8) is 0 Å². The number of hydrogen-bond donors (Lipinski definition) is 1. The summed E-state index contributed by atoms with van der Waals surface area (Å²) in [5.74, 6) is -0.124. The number of carbonyl (C=O) groups is 1. The fraction of sp³-hybridized carbons (Fsp3) is 0.348. The Bertz CT molecular complexity index is 1030. The number of aryl methyl sites for hydroxylation is 2. The maximum atomic E-state index is 11.9. The van der Waals surface area contributed by atoms with Crippen molar-refractivity contribution in [1.82, 2.24) is 9.97 Å². The van der Waals surface area contributed by atoms with E-state index in [0.717, 1.165) is 23.1 Å². The Kier molecular flexibility index (Phi) is 7.15. The van der Waals surface area contributed by atoms with Crippen LogP contribution < -0.4 is 15.4 Å². The predicted octanol–water partition coefficient (Wildman–Crippen LogP) is 4.37. The van der Waals surface area contributed by atoms with E-state index >= 15 is 0 Å². The zero-order chi connectivity index (χ0) is 21.7. The van der Waals surface area contributed by atoms with Gasteiger partial charge < -0.3 is 15.4 Å². The highest BCUT2D eigenvalue weighted by Gasteiger charge is 2.21. The van der Waals surface area contributed by atoms with Gasteiger partial charge in [-0.2, -0.15) is 0 Å². The summed E-state index contributed by atoms with van der Waals surface area (Å²) in [5.41, 5.74) is 11.6. The Morgan fingerprint density at radius 3 is 2.38 bits per heavy atom. The smallest absolute Gasteiger partial charge is 0.252 e. The van der Waals surface area contributed by atoms with Gasteiger partial charge in [0.2, 0.25) is 5.88 Å². The molecule has 1 amide bonds. The van der Waals surface area contributed by atoms with Crippen molar-refractivity contribution in [2.45, 2.75) is 34.1 Å². The number of nitrogens with two attached hydrogens (primary N) is 1. The fourth-order valence-electron chi connectivity index (χ4n) is 3.39. The molecule has 3 rings (SSSR count). The molecule has 6 nitrogen and oxygen atoms in total. The van der Waals surface area contributed by atoms with Crippen LogP contribution in [0.5, 0.6) is 5.88 Å². The van der Waals surface area contributed by atoms with Crippen LogP contribution in [0, 0.1) is 6.92 Å². The first kappa shape index (κ1) is 22.1. The zero-order valence-corrected chi connectivity index (χ0v) is 18.3. The molecule has 1 aromatic carbocycles. The molecule has 0 saturated heterocycles. The van der Waals surface area contributed by atoms with E-state index in [2.05, 4.69) is 42.0 Å². The second-order valence-electron chi connectivity index (χ2n) is 6.74. The van der Waals surface area contributed by atoms with Gasteiger partial charge >= 0.3 is 0 Å². The lowest BCUT2D eigenvalue weighted by atomic mass is 9.97. The number of benzene rings is 1. The maximum Gasteiger partial charge on any atom is 0.252 e. The third kappa shape index (κ3) is 4.31. The summed E-state index contributed by atoms with van der Waals surface area (Å²) in [5, 5.41) is 0.677. The first-order valence-corrected chi connectivity index (χ1v) is 9.81. The summed E-state index contributed by atoms with van der Waals surface area (Å²) in [7, 11) is 5.27. The number of pyridine rings is 2. The summed E-state index contributed by atoms with van der Waals surface area (Å²) in [6, 6.07) is 6.43. The molecule has 0 aliphatic heterocycles. The van der Waals surface area contributed by atoms with Gasteiger partial charge in [0.05, 0.1) is 29.3 Å². The molecule has 2 heterocycles. The van der Waals surface area contributed by atoms with E-state index < -0.39 is 5.91 Å². The topological polar surface area (TPSA) is 81.3 Å². The van der Waals surface area contributed by atoms with E-state index in [1.807, 2.05) is 32.8 Å². The minimum absolute atomic E-state index is 0.336. The standard InChI is InChI=1S/C21H24N4O2.C2H6/c1-6-13-7-12(2)8-14(9-13)15-10-24-21(27-5)17-18(15)23-11-16(20(22)26)19(17)25(3)4;1-2/h7-11H,6H2,1-5H3,(H2,22,26);1-2H3. The minimum atomic E-state index is -0.538. The number of rotatable bonds is 5. The third-order valence-electron chi connectivity index (χ3n) is 4.59. The average molecular weight is 395 g/mol. The van der Waals surface area contributed by atoms with Crippen LogP contribution in [0.1, 0.15) is 42.3 Å². The number of nitrogens with zero attached hydrogens (tertiary/aromatic N) is 3. The summed E-state index contributed by atoms with van der Waals surface area (Å²) < 4.78 is 5.48. The zero-order valence-electron chi connectivity index (χ0n) is 18.3. The van der Waals surface area contributed by atoms with Gasteiger partial charge in [0, 0.05) is 32.1 Å². The van der Waals surface area contributed by atoms with Gasteiger partial charge in [0.15, 0.2) is 0 Å². The number of carbonyl (C=O) groups excluding carboxylic acids is 1. The van der Waals surface area contributed by atoms with Gasteiger partial charge in [-0.3, -0.25) is 9.78 Å². The minimum Gasteiger partial charge on any atom is -0.480 e. The molecule has 29 heavy (non-hydrogen) atoms. The van der Waals surface area contributed by atoms with Gasteiger partial charge in [0.25, 0.3) is 5.91 Å². The van der Waals surface area contributed by atoms with E-state index in [9.17, 15) is 4.79 Å². The number of fused-ring (bicyclic) bond motifs is 1. The number of amides is 1. The largest absolute Gasteiger partial charge is 0.480 e. The van der Waals surface area contributed by atoms with E-state index in [0.29, 0.717) is 22.5 Å². The number of hydrogen-bond acceptors (Lipinski definition) is 5. The summed E-state index contributed by atoms with van der Waals surface area (Å²) in [4.78, 5) is 22.8. The van der Waals surface area contributed by atoms with Crippen molar-refractivity contribution in [3.05, 3.63) is 47.3 Å². The van der Waals surface area contributed by atoms with Crippen LogP contribution >= 0.6 is 0 Å². The lowest BCUT2D eigenvalue weighted by Crippen LogP contribution is -2.20. The van der Waals surface area contributed by atoms with Crippen molar-refractivity contribution in [2.24, 2.45) is 5.73 Å². The van der Waals surface area contributed by atoms with Crippen LogP contribution in [0.4, 0.5) is 5.69 Å². The average Bonchev–Trinajstić information content (AvgIpc) is 2.72. The molecule has 2 aromatic heterocycles. The van der Waals surface area contributed by atoms with Gasteiger partial charge in [-0.05, 0) is 24.5 Å². The molecule has 0 radical (unpaired) electrons. The monoisotopic (exact) mass is 394 g/mol. The van der Waals surface area contributed by atoms with E-state index in [-0.39, 0.29) is 0 Å². The molecule has 6 heteroatoms. The first-order valence-electron chi connectivity index (χ1n) is 9.81. The molecule has 0 bridgehead atoms. The molecule has 0 unspecified atom stereocenters. The Morgan fingerprint density at radius 1 is 1.14 bits per heavy atom. The molecular weight excluding hydrogens is 364 g/mol. The lowest BCUT2D eigenvalue weighted by molar-refractivity contribution is 0.100. The predicted molar refractivity (Wildman–Crippen MR) is 120 cm³/mol. The molecule has 0 aliphatic carbocycles. The molecule has 2 N–H and O–H groups in total. The van der Waals surface area contributed by atoms with Crippen LogP contribution in [-0.2, 0) is 6.42 Å². The van der Waals surface area contributed by atoms with Gasteiger partial charge in [0.1, 0.15) is 0 Å². The quantitative estimate of drug-likeness (QED) is 0.695. The fourth-order valence-corrected chi connectivity index (χ4v) is 3.39. The van der Waals surface area contributed by atoms with Crippen LogP contribution in [0.15, 0.2) is 30.6 Å². The number of primary amides is 1. The van der Waals surface area contributed by atoms with Crippen molar-refractivity contribution < 1.29 is 9.53 Å². The molecule has 0 saturated carbocycles. The molecule has 0 atom stereocenters. The Balaban J connectivity index is 0.00000145. The highest BCUT2D eigenvalue weighted by molar-refractivity contribution is 6.11. The molecule has 0 aliphatic rings. The Hall–Kier alpha value is -3.15. The second-order valence-corrected chi connectivity index (χ2v) is 6.74. The van der Waals surface area contributed by atoms with E-state index in [1.165, 1.54) is 17.3 Å². The van der Waals surface area contributed by atoms with Crippen molar-refractivity contribution >= 4 is 22.5 Å². The summed E-state index contributed by atoms with van der Waals surface area (Å²) in [6.45, 7) is 8.20. The third-order valence-corrected chi connectivity index (χ3v) is 4.59. The number of anilines is 1. The molecule has 3 aromatic rings. The van der Waals surface area contributed by atoms with Crippen LogP contribution in [0.3, 0.4) is 0 Å². The summed E-state index contributed by atoms with van der Waals surface area (Å²) >= 11 is 0. The van der Waals surface area contributed by atoms with Crippen molar-refractivity contribution in [3.8, 4) is 17.0 Å². The summed E-state index contributed by atoms with van der Waals surface area (Å²) in [6.07, 6.45) is 4.24. The Morgan fingerprint density at radius 2 is 1.83 bits per heavy atom. The van der Waals surface area contributed by atoms with Crippen LogP contribution in [0.25, 0.3) is 22.0 Å². The molecule has 0 spiro atoms. The molecule has 0 fully saturated rings. The first-order chi connectivity index (χ1) is 13.9.